The molecule has 0 spiro atoms. The van der Waals surface area contributed by atoms with Crippen LogP contribution >= 0.6 is 23.4 Å². The summed E-state index contributed by atoms with van der Waals surface area (Å²) in [5.41, 5.74) is 0.908. The Morgan fingerprint density at radius 1 is 1.36 bits per heavy atom. The van der Waals surface area contributed by atoms with Gasteiger partial charge in [-0.25, -0.2) is 0 Å². The van der Waals surface area contributed by atoms with Crippen molar-refractivity contribution in [1.82, 2.24) is 14.9 Å². The summed E-state index contributed by atoms with van der Waals surface area (Å²) in [6, 6.07) is 9.27. The fourth-order valence-corrected chi connectivity index (χ4v) is 2.83. The van der Waals surface area contributed by atoms with Crippen LogP contribution in [0.15, 0.2) is 51.3 Å². The zero-order chi connectivity index (χ0) is 17.6. The van der Waals surface area contributed by atoms with E-state index < -0.39 is 0 Å². The Bertz CT molecular complexity index is 875. The lowest BCUT2D eigenvalue weighted by Crippen LogP contribution is -1.96. The van der Waals surface area contributed by atoms with E-state index in [0.717, 1.165) is 22.2 Å². The highest BCUT2D eigenvalue weighted by Crippen LogP contribution is 2.26. The molecule has 130 valence electrons. The Balaban J connectivity index is 1.63. The molecule has 0 N–H and O–H groups in total. The molecule has 1 aromatic carbocycles. The second kappa shape index (κ2) is 8.22. The molecule has 6 nitrogen and oxygen atoms in total. The van der Waals surface area contributed by atoms with E-state index in [1.807, 2.05) is 44.2 Å². The molecule has 0 unspecified atom stereocenters. The van der Waals surface area contributed by atoms with Crippen LogP contribution in [-0.4, -0.2) is 26.8 Å². The quantitative estimate of drug-likeness (QED) is 0.451. The first kappa shape index (κ1) is 17.6. The summed E-state index contributed by atoms with van der Waals surface area (Å²) in [7, 11) is 0. The molecule has 0 atom stereocenters. The highest BCUT2D eigenvalue weighted by Gasteiger charge is 2.06. The van der Waals surface area contributed by atoms with Crippen LogP contribution in [0.3, 0.4) is 0 Å². The van der Waals surface area contributed by atoms with Gasteiger partial charge in [0, 0.05) is 10.6 Å². The highest BCUT2D eigenvalue weighted by atomic mass is 35.5. The third-order valence-electron chi connectivity index (χ3n) is 3.35. The topological polar surface area (TPSA) is 65.4 Å². The van der Waals surface area contributed by atoms with Crippen molar-refractivity contribution in [1.29, 1.82) is 0 Å². The molecule has 3 rings (SSSR count). The van der Waals surface area contributed by atoms with Crippen molar-refractivity contribution in [2.75, 3.05) is 5.75 Å². The summed E-state index contributed by atoms with van der Waals surface area (Å²) in [6.45, 7) is 4.29. The van der Waals surface area contributed by atoms with E-state index in [9.17, 15) is 0 Å². The largest absolute Gasteiger partial charge is 0.485 e. The first-order valence-corrected chi connectivity index (χ1v) is 9.07. The van der Waals surface area contributed by atoms with Crippen LogP contribution in [-0.2, 0) is 6.61 Å². The van der Waals surface area contributed by atoms with Crippen LogP contribution in [0.2, 0.25) is 5.02 Å². The number of thioether (sulfide) groups is 1. The number of ether oxygens (including phenoxy) is 1. The molecular formula is C17H17ClN4O2S. The first-order valence-electron chi connectivity index (χ1n) is 7.71. The number of rotatable bonds is 7. The van der Waals surface area contributed by atoms with Crippen LogP contribution in [0.4, 0.5) is 0 Å². The normalized spacial score (nSPS) is 11.3. The third kappa shape index (κ3) is 4.43. The van der Waals surface area contributed by atoms with Crippen molar-refractivity contribution in [3.05, 3.63) is 58.8 Å². The molecule has 0 bridgehead atoms. The highest BCUT2D eigenvalue weighted by molar-refractivity contribution is 7.99. The van der Waals surface area contributed by atoms with Gasteiger partial charge in [-0.1, -0.05) is 36.4 Å². The molecule has 25 heavy (non-hydrogen) atoms. The lowest BCUT2D eigenvalue weighted by molar-refractivity contribution is 0.268. The van der Waals surface area contributed by atoms with Gasteiger partial charge in [0.1, 0.15) is 30.2 Å². The van der Waals surface area contributed by atoms with Gasteiger partial charge in [-0.05, 0) is 36.9 Å². The Kier molecular flexibility index (Phi) is 5.78. The smallest absolute Gasteiger partial charge is 0.211 e. The molecule has 0 radical (unpaired) electrons. The summed E-state index contributed by atoms with van der Waals surface area (Å²) in [5, 5.41) is 13.6. The summed E-state index contributed by atoms with van der Waals surface area (Å²) < 4.78 is 13.1. The van der Waals surface area contributed by atoms with Gasteiger partial charge in [-0.2, -0.15) is 9.78 Å². The Morgan fingerprint density at radius 2 is 2.24 bits per heavy atom. The van der Waals surface area contributed by atoms with Gasteiger partial charge >= 0.3 is 0 Å². The van der Waals surface area contributed by atoms with E-state index in [1.54, 1.807) is 29.0 Å². The predicted octanol–water partition coefficient (Wildman–Crippen LogP) is 4.41. The fourth-order valence-electron chi connectivity index (χ4n) is 2.08. The minimum atomic E-state index is 0.318. The number of benzene rings is 1. The maximum Gasteiger partial charge on any atom is 0.211 e. The molecule has 8 heteroatoms. The Morgan fingerprint density at radius 3 is 3.08 bits per heavy atom. The summed E-state index contributed by atoms with van der Waals surface area (Å²) in [4.78, 5) is 0. The van der Waals surface area contributed by atoms with Gasteiger partial charge in [0.25, 0.3) is 0 Å². The predicted molar refractivity (Wildman–Crippen MR) is 98.6 cm³/mol. The third-order valence-corrected chi connectivity index (χ3v) is 4.58. The van der Waals surface area contributed by atoms with Crippen LogP contribution in [0.1, 0.15) is 24.0 Å². The molecule has 0 saturated heterocycles. The molecule has 0 aliphatic carbocycles. The van der Waals surface area contributed by atoms with Gasteiger partial charge in [0.15, 0.2) is 0 Å². The lowest BCUT2D eigenvalue weighted by Gasteiger charge is -2.08. The van der Waals surface area contributed by atoms with E-state index in [2.05, 4.69) is 15.3 Å². The lowest BCUT2D eigenvalue weighted by atomic mass is 10.2. The van der Waals surface area contributed by atoms with Gasteiger partial charge in [0.05, 0.1) is 6.21 Å². The molecule has 0 amide bonds. The van der Waals surface area contributed by atoms with Crippen LogP contribution in [0, 0.1) is 6.92 Å². The van der Waals surface area contributed by atoms with Crippen LogP contribution < -0.4 is 4.74 Å². The minimum Gasteiger partial charge on any atom is -0.485 e. The molecule has 2 aromatic heterocycles. The number of hydrogen-bond acceptors (Lipinski definition) is 6. The summed E-state index contributed by atoms with van der Waals surface area (Å²) in [5.74, 6) is 2.97. The van der Waals surface area contributed by atoms with E-state index in [0.29, 0.717) is 23.2 Å². The minimum absolute atomic E-state index is 0.318. The molecule has 0 fully saturated rings. The van der Waals surface area contributed by atoms with Gasteiger partial charge in [-0.3, -0.25) is 0 Å². The molecule has 2 heterocycles. The molecule has 0 saturated carbocycles. The van der Waals surface area contributed by atoms with Crippen molar-refractivity contribution in [3.63, 3.8) is 0 Å². The Hall–Kier alpha value is -2.25. The second-order valence-corrected chi connectivity index (χ2v) is 6.73. The average molecular weight is 377 g/mol. The zero-order valence-corrected chi connectivity index (χ0v) is 15.4. The van der Waals surface area contributed by atoms with E-state index >= 15 is 0 Å². The van der Waals surface area contributed by atoms with Crippen molar-refractivity contribution in [3.8, 4) is 5.75 Å². The van der Waals surface area contributed by atoms with E-state index in [-0.39, 0.29) is 0 Å². The average Bonchev–Trinajstić information content (AvgIpc) is 3.24. The molecule has 0 aliphatic heterocycles. The summed E-state index contributed by atoms with van der Waals surface area (Å²) in [6.07, 6.45) is 3.18. The number of nitrogens with zero attached hydrogens (tertiary/aromatic N) is 4. The molecular weight excluding hydrogens is 360 g/mol. The standard InChI is InChI=1S/C17H17ClN4O2S/c1-3-25-17-21-19-11-22(17)20-9-13-7-8-14(24-13)10-23-16-6-4-5-15(18)12(16)2/h4-9,11H,3,10H2,1-2H3/b20-9+. The van der Waals surface area contributed by atoms with Crippen molar-refractivity contribution < 1.29 is 9.15 Å². The Labute approximate surface area is 154 Å². The first-order chi connectivity index (χ1) is 12.2. The maximum atomic E-state index is 6.09. The van der Waals surface area contributed by atoms with Crippen molar-refractivity contribution in [2.24, 2.45) is 5.10 Å². The van der Waals surface area contributed by atoms with E-state index in [1.165, 1.54) is 0 Å². The number of furan rings is 1. The van der Waals surface area contributed by atoms with E-state index in [4.69, 9.17) is 20.8 Å². The number of hydrogen-bond donors (Lipinski definition) is 0. The summed E-state index contributed by atoms with van der Waals surface area (Å²) >= 11 is 7.66. The SMILES string of the molecule is CCSc1nncn1/N=C/c1ccc(COc2cccc(Cl)c2C)o1. The fraction of sp³-hybridized carbons (Fsp3) is 0.235. The number of halogens is 1. The maximum absolute atomic E-state index is 6.09. The molecule has 3 aromatic rings. The van der Waals surface area contributed by atoms with Gasteiger partial charge in [0.2, 0.25) is 5.16 Å². The van der Waals surface area contributed by atoms with Crippen molar-refractivity contribution >= 4 is 29.6 Å². The van der Waals surface area contributed by atoms with Gasteiger partial charge in [-0.15, -0.1) is 10.2 Å². The van der Waals surface area contributed by atoms with Crippen LogP contribution in [0.25, 0.3) is 0 Å². The van der Waals surface area contributed by atoms with Crippen LogP contribution in [0.5, 0.6) is 5.75 Å². The van der Waals surface area contributed by atoms with Crippen molar-refractivity contribution in [2.45, 2.75) is 25.6 Å². The second-order valence-electron chi connectivity index (χ2n) is 5.09. The van der Waals surface area contributed by atoms with Gasteiger partial charge < -0.3 is 9.15 Å². The number of aromatic nitrogens is 3. The molecule has 0 aliphatic rings. The monoisotopic (exact) mass is 376 g/mol. The zero-order valence-electron chi connectivity index (χ0n) is 13.8.